The Morgan fingerprint density at radius 3 is 2.63 bits per heavy atom. The van der Waals surface area contributed by atoms with Gasteiger partial charge in [0.2, 0.25) is 6.79 Å². The summed E-state index contributed by atoms with van der Waals surface area (Å²) >= 11 is 0. The van der Waals surface area contributed by atoms with Crippen LogP contribution >= 0.6 is 0 Å². The molecule has 0 saturated carbocycles. The fourth-order valence-electron chi connectivity index (χ4n) is 3.21. The van der Waals surface area contributed by atoms with E-state index in [0.29, 0.717) is 28.4 Å². The zero-order valence-corrected chi connectivity index (χ0v) is 16.4. The van der Waals surface area contributed by atoms with Gasteiger partial charge in [0.1, 0.15) is 17.3 Å². The lowest BCUT2D eigenvalue weighted by Crippen LogP contribution is -2.23. The lowest BCUT2D eigenvalue weighted by atomic mass is 10.1. The summed E-state index contributed by atoms with van der Waals surface area (Å²) in [6.07, 6.45) is 1.44. The fourth-order valence-corrected chi connectivity index (χ4v) is 3.21. The number of ether oxygens (including phenoxy) is 2. The van der Waals surface area contributed by atoms with E-state index >= 15 is 0 Å². The smallest absolute Gasteiger partial charge is 0.295 e. The minimum atomic E-state index is -0.666. The summed E-state index contributed by atoms with van der Waals surface area (Å²) in [5, 5.41) is 12.1. The van der Waals surface area contributed by atoms with E-state index in [1.165, 1.54) is 10.8 Å². The molecule has 0 unspecified atom stereocenters. The Hall–Kier alpha value is -4.25. The molecule has 0 bridgehead atoms. The second-order valence-electron chi connectivity index (χ2n) is 6.67. The van der Waals surface area contributed by atoms with Crippen molar-refractivity contribution >= 4 is 17.7 Å². The molecule has 0 spiro atoms. The molecule has 0 atom stereocenters. The van der Waals surface area contributed by atoms with E-state index in [0.717, 1.165) is 0 Å². The number of nitrogens with one attached hydrogen (secondary N) is 1. The number of para-hydroxylation sites is 1. The third-order valence-corrected chi connectivity index (χ3v) is 4.87. The van der Waals surface area contributed by atoms with E-state index in [1.54, 1.807) is 49.0 Å². The van der Waals surface area contributed by atoms with Crippen LogP contribution in [0, 0.1) is 18.3 Å². The van der Waals surface area contributed by atoms with Crippen LogP contribution in [0.4, 0.5) is 5.69 Å². The van der Waals surface area contributed by atoms with Crippen LogP contribution in [0.1, 0.15) is 11.3 Å². The first-order valence-corrected chi connectivity index (χ1v) is 9.16. The number of nitriles is 1. The second-order valence-corrected chi connectivity index (χ2v) is 6.67. The highest BCUT2D eigenvalue weighted by Gasteiger charge is 2.20. The predicted molar refractivity (Wildman–Crippen MR) is 111 cm³/mol. The lowest BCUT2D eigenvalue weighted by Gasteiger charge is -2.07. The number of fused-ring (bicyclic) bond motifs is 1. The molecule has 4 rings (SSSR count). The zero-order valence-electron chi connectivity index (χ0n) is 16.4. The Labute approximate surface area is 172 Å². The van der Waals surface area contributed by atoms with E-state index in [9.17, 15) is 14.9 Å². The highest BCUT2D eigenvalue weighted by Crippen LogP contribution is 2.33. The number of hydrogen-bond acceptors (Lipinski definition) is 5. The van der Waals surface area contributed by atoms with Gasteiger partial charge in [0.05, 0.1) is 11.4 Å². The molecule has 0 radical (unpaired) electrons. The summed E-state index contributed by atoms with van der Waals surface area (Å²) in [5.41, 5.74) is 1.45. The van der Waals surface area contributed by atoms with Gasteiger partial charge in [-0.25, -0.2) is 4.68 Å². The summed E-state index contributed by atoms with van der Waals surface area (Å²) in [5.74, 6) is 0.490. The van der Waals surface area contributed by atoms with Crippen molar-refractivity contribution in [1.29, 1.82) is 5.26 Å². The first-order valence-electron chi connectivity index (χ1n) is 9.16. The van der Waals surface area contributed by atoms with Gasteiger partial charge in [-0.3, -0.25) is 14.3 Å². The Morgan fingerprint density at radius 1 is 1.17 bits per heavy atom. The quantitative estimate of drug-likeness (QED) is 0.535. The highest BCUT2D eigenvalue weighted by atomic mass is 16.7. The predicted octanol–water partition coefficient (Wildman–Crippen LogP) is 2.76. The fraction of sp³-hybridized carbons (Fsp3) is 0.136. The van der Waals surface area contributed by atoms with Crippen LogP contribution in [-0.2, 0) is 11.8 Å². The Kier molecular flexibility index (Phi) is 4.86. The monoisotopic (exact) mass is 402 g/mol. The molecular weight excluding hydrogens is 384 g/mol. The van der Waals surface area contributed by atoms with Crippen LogP contribution in [0.3, 0.4) is 0 Å². The van der Waals surface area contributed by atoms with Gasteiger partial charge in [-0.05, 0) is 42.8 Å². The minimum absolute atomic E-state index is 0.123. The van der Waals surface area contributed by atoms with Crippen molar-refractivity contribution in [2.24, 2.45) is 7.05 Å². The van der Waals surface area contributed by atoms with E-state index in [2.05, 4.69) is 5.32 Å². The lowest BCUT2D eigenvalue weighted by molar-refractivity contribution is -0.112. The van der Waals surface area contributed by atoms with Crippen LogP contribution in [-0.4, -0.2) is 22.1 Å². The van der Waals surface area contributed by atoms with Crippen molar-refractivity contribution in [2.45, 2.75) is 6.92 Å². The Balaban J connectivity index is 1.65. The first-order chi connectivity index (χ1) is 14.5. The molecule has 1 aliphatic heterocycles. The van der Waals surface area contributed by atoms with Gasteiger partial charge < -0.3 is 14.8 Å². The summed E-state index contributed by atoms with van der Waals surface area (Å²) in [6, 6.07) is 16.1. The normalized spacial score (nSPS) is 12.5. The zero-order chi connectivity index (χ0) is 21.3. The average Bonchev–Trinajstić information content (AvgIpc) is 3.30. The maximum absolute atomic E-state index is 12.9. The number of nitrogens with zero attached hydrogens (tertiary/aromatic N) is 3. The van der Waals surface area contributed by atoms with Crippen molar-refractivity contribution in [3.05, 3.63) is 75.7 Å². The van der Waals surface area contributed by atoms with Gasteiger partial charge in [-0.2, -0.15) is 5.26 Å². The highest BCUT2D eigenvalue weighted by molar-refractivity contribution is 6.09. The molecule has 1 amide bonds. The standard InChI is InChI=1S/C22H18N4O4/c1-14-20(22(28)26(25(14)2)17-6-4-3-5-7-17)24-21(27)16(12-23)10-15-8-9-18-19(11-15)30-13-29-18/h3-11H,13H2,1-2H3,(H,24,27)/b16-10+. The number of anilines is 1. The van der Waals surface area contributed by atoms with Crippen molar-refractivity contribution < 1.29 is 14.3 Å². The number of carbonyl (C=O) groups excluding carboxylic acids is 1. The maximum atomic E-state index is 12.9. The van der Waals surface area contributed by atoms with Gasteiger partial charge in [0, 0.05) is 7.05 Å². The average molecular weight is 402 g/mol. The molecule has 0 aliphatic carbocycles. The van der Waals surface area contributed by atoms with Gasteiger partial charge in [-0.1, -0.05) is 24.3 Å². The number of benzene rings is 2. The van der Waals surface area contributed by atoms with Gasteiger partial charge >= 0.3 is 0 Å². The molecule has 1 aromatic heterocycles. The molecule has 2 heterocycles. The molecule has 2 aromatic carbocycles. The number of amides is 1. The summed E-state index contributed by atoms with van der Waals surface area (Å²) in [4.78, 5) is 25.7. The molecule has 0 saturated heterocycles. The molecule has 1 aliphatic rings. The van der Waals surface area contributed by atoms with Crippen molar-refractivity contribution in [1.82, 2.24) is 9.36 Å². The second kappa shape index (κ2) is 7.64. The molecule has 30 heavy (non-hydrogen) atoms. The molecule has 150 valence electrons. The van der Waals surface area contributed by atoms with Gasteiger partial charge in [0.15, 0.2) is 11.5 Å². The van der Waals surface area contributed by atoms with Crippen LogP contribution in [0.15, 0.2) is 58.9 Å². The molecule has 3 aromatic rings. The Bertz CT molecular complexity index is 1260. The third kappa shape index (κ3) is 3.33. The van der Waals surface area contributed by atoms with Gasteiger partial charge in [0.25, 0.3) is 11.5 Å². The summed E-state index contributed by atoms with van der Waals surface area (Å²) in [6.45, 7) is 1.86. The maximum Gasteiger partial charge on any atom is 0.295 e. The molecule has 8 heteroatoms. The van der Waals surface area contributed by atoms with Crippen molar-refractivity contribution in [3.8, 4) is 23.3 Å². The summed E-state index contributed by atoms with van der Waals surface area (Å²) in [7, 11) is 1.73. The topological polar surface area (TPSA) is 98.3 Å². The molecule has 0 fully saturated rings. The van der Waals surface area contributed by atoms with Crippen LogP contribution in [0.25, 0.3) is 11.8 Å². The number of aromatic nitrogens is 2. The van der Waals surface area contributed by atoms with Crippen molar-refractivity contribution in [3.63, 3.8) is 0 Å². The number of hydrogen-bond donors (Lipinski definition) is 1. The molecule has 8 nitrogen and oxygen atoms in total. The molecular formula is C22H18N4O4. The van der Waals surface area contributed by atoms with E-state index in [1.807, 2.05) is 24.3 Å². The number of rotatable bonds is 4. The minimum Gasteiger partial charge on any atom is -0.454 e. The third-order valence-electron chi connectivity index (χ3n) is 4.87. The van der Waals surface area contributed by atoms with E-state index in [4.69, 9.17) is 9.47 Å². The largest absolute Gasteiger partial charge is 0.454 e. The number of carbonyl (C=O) groups is 1. The van der Waals surface area contributed by atoms with Crippen molar-refractivity contribution in [2.75, 3.05) is 12.1 Å². The van der Waals surface area contributed by atoms with Crippen LogP contribution in [0.2, 0.25) is 0 Å². The van der Waals surface area contributed by atoms with Crippen LogP contribution in [0.5, 0.6) is 11.5 Å². The van der Waals surface area contributed by atoms with E-state index in [-0.39, 0.29) is 23.6 Å². The van der Waals surface area contributed by atoms with Crippen LogP contribution < -0.4 is 20.3 Å². The van der Waals surface area contributed by atoms with E-state index < -0.39 is 5.91 Å². The first kappa shape index (κ1) is 19.1. The Morgan fingerprint density at radius 2 is 1.90 bits per heavy atom. The van der Waals surface area contributed by atoms with Gasteiger partial charge in [-0.15, -0.1) is 0 Å². The molecule has 1 N–H and O–H groups in total. The SMILES string of the molecule is Cc1c(NC(=O)/C(C#N)=C/c2ccc3c(c2)OCO3)c(=O)n(-c2ccccc2)n1C. The summed E-state index contributed by atoms with van der Waals surface area (Å²) < 4.78 is 13.7.